The summed E-state index contributed by atoms with van der Waals surface area (Å²) in [7, 11) is 6.04. The number of nitrogens with zero attached hydrogens (tertiary/aromatic N) is 1. The number of hydrogen-bond acceptors (Lipinski definition) is 13. The van der Waals surface area contributed by atoms with Gasteiger partial charge < -0.3 is 53.7 Å². The molecule has 4 aliphatic rings. The van der Waals surface area contributed by atoms with Crippen LogP contribution in [-0.2, 0) is 42.8 Å². The number of rotatable bonds is 7. The molecule has 0 aromatic rings. The first kappa shape index (κ1) is 47.4. The van der Waals surface area contributed by atoms with Crippen molar-refractivity contribution < 1.29 is 63.2 Å². The van der Waals surface area contributed by atoms with E-state index in [1.54, 1.807) is 28.1 Å². The second kappa shape index (κ2) is 20.8. The van der Waals surface area contributed by atoms with Crippen molar-refractivity contribution in [2.45, 2.75) is 173 Å². The first-order valence-electron chi connectivity index (χ1n) is 20.9. The molecule has 1 saturated carbocycles. The van der Waals surface area contributed by atoms with Gasteiger partial charge in [0.1, 0.15) is 30.3 Å². The molecule has 2 bridgehead atoms. The van der Waals surface area contributed by atoms with Gasteiger partial charge in [-0.2, -0.15) is 0 Å². The van der Waals surface area contributed by atoms with Crippen molar-refractivity contribution in [3.63, 3.8) is 0 Å². The van der Waals surface area contributed by atoms with Crippen molar-refractivity contribution in [2.75, 3.05) is 28.4 Å². The highest BCUT2D eigenvalue weighted by atomic mass is 16.7. The first-order chi connectivity index (χ1) is 26.9. The Balaban J connectivity index is 1.78. The Kier molecular flexibility index (Phi) is 17.3. The number of amides is 1. The third kappa shape index (κ3) is 10.9. The lowest BCUT2D eigenvalue weighted by atomic mass is 9.81. The van der Waals surface area contributed by atoms with Crippen LogP contribution in [0.15, 0.2) is 23.3 Å². The molecule has 16 atom stereocenters. The second-order valence-electron chi connectivity index (χ2n) is 17.3. The minimum atomic E-state index is -2.37. The summed E-state index contributed by atoms with van der Waals surface area (Å²) in [5, 5.41) is 46.1. The molecule has 0 spiro atoms. The van der Waals surface area contributed by atoms with Crippen LogP contribution in [0.25, 0.3) is 0 Å². The number of cyclic esters (lactones) is 1. The largest absolute Gasteiger partial charge is 0.456 e. The number of carbonyl (C=O) groups is 3. The molecule has 57 heavy (non-hydrogen) atoms. The average molecular weight is 810 g/mol. The Morgan fingerprint density at radius 2 is 1.53 bits per heavy atom. The molecule has 326 valence electrons. The van der Waals surface area contributed by atoms with Gasteiger partial charge in [-0.05, 0) is 89.0 Å². The molecule has 0 aromatic carbocycles. The van der Waals surface area contributed by atoms with E-state index in [1.165, 1.54) is 14.2 Å². The molecule has 3 fully saturated rings. The van der Waals surface area contributed by atoms with Gasteiger partial charge in [0, 0.05) is 52.6 Å². The lowest BCUT2D eigenvalue weighted by molar-refractivity contribution is -0.346. The van der Waals surface area contributed by atoms with Gasteiger partial charge in [-0.15, -0.1) is 0 Å². The lowest BCUT2D eigenvalue weighted by Crippen LogP contribution is -2.66. The SMILES string of the molecule is CC[C@@H]1/C=C(\C)C[C@H](C)CC(OC)[C@H]2O[C@@](O)(C(O)C(=O)N3[C@H](OC)CC[C@H]3C(=O)O[C@H](/C(C)=C/[C@@H]3CC[C@@H](O)[C@H](OC)C3)[C@H](C)[C@@H](O)CC1=O)[C@H](C)C[C@@H]2OC. The Morgan fingerprint density at radius 3 is 2.14 bits per heavy atom. The monoisotopic (exact) mass is 809 g/mol. The third-order valence-corrected chi connectivity index (χ3v) is 13.1. The van der Waals surface area contributed by atoms with Crippen molar-refractivity contribution in [1.29, 1.82) is 0 Å². The van der Waals surface area contributed by atoms with Crippen LogP contribution in [0.4, 0.5) is 0 Å². The van der Waals surface area contributed by atoms with Gasteiger partial charge in [0.2, 0.25) is 5.79 Å². The zero-order chi connectivity index (χ0) is 42.4. The number of Topliss-reactive ketones (excluding diaryl/α,β-unsaturated/α-hetero) is 1. The van der Waals surface area contributed by atoms with Crippen LogP contribution in [0, 0.1) is 29.6 Å². The van der Waals surface area contributed by atoms with Crippen molar-refractivity contribution in [3.05, 3.63) is 23.3 Å². The van der Waals surface area contributed by atoms with Crippen LogP contribution >= 0.6 is 0 Å². The third-order valence-electron chi connectivity index (χ3n) is 13.1. The summed E-state index contributed by atoms with van der Waals surface area (Å²) in [6.07, 6.45) is -0.293. The minimum absolute atomic E-state index is 0.0109. The van der Waals surface area contributed by atoms with E-state index < -0.39 is 90.4 Å². The number of aliphatic hydroxyl groups is 4. The van der Waals surface area contributed by atoms with Gasteiger partial charge in [0.05, 0.1) is 30.5 Å². The summed E-state index contributed by atoms with van der Waals surface area (Å²) in [6.45, 7) is 11.2. The van der Waals surface area contributed by atoms with Crippen molar-refractivity contribution in [2.24, 2.45) is 29.6 Å². The summed E-state index contributed by atoms with van der Waals surface area (Å²) in [4.78, 5) is 43.7. The van der Waals surface area contributed by atoms with Crippen molar-refractivity contribution >= 4 is 17.7 Å². The topological polar surface area (TPSA) is 191 Å². The first-order valence-corrected chi connectivity index (χ1v) is 20.9. The highest BCUT2D eigenvalue weighted by molar-refractivity contribution is 5.88. The quantitative estimate of drug-likeness (QED) is 0.215. The number of carbonyl (C=O) groups excluding carboxylic acids is 3. The van der Waals surface area contributed by atoms with E-state index in [1.807, 2.05) is 32.9 Å². The van der Waals surface area contributed by atoms with E-state index in [-0.39, 0.29) is 49.4 Å². The molecule has 3 heterocycles. The zero-order valence-electron chi connectivity index (χ0n) is 35.8. The van der Waals surface area contributed by atoms with Crippen LogP contribution in [-0.4, -0.2) is 138 Å². The van der Waals surface area contributed by atoms with Crippen molar-refractivity contribution in [3.8, 4) is 0 Å². The molecular weight excluding hydrogens is 738 g/mol. The molecule has 0 radical (unpaired) electrons. The van der Waals surface area contributed by atoms with E-state index in [4.69, 9.17) is 28.4 Å². The minimum Gasteiger partial charge on any atom is -0.456 e. The number of aliphatic hydroxyl groups excluding tert-OH is 3. The summed E-state index contributed by atoms with van der Waals surface area (Å²) in [5.41, 5.74) is 1.65. The van der Waals surface area contributed by atoms with Crippen LogP contribution in [0.1, 0.15) is 106 Å². The van der Waals surface area contributed by atoms with Crippen LogP contribution in [0.2, 0.25) is 0 Å². The van der Waals surface area contributed by atoms with Gasteiger partial charge in [-0.1, -0.05) is 45.4 Å². The molecule has 4 N–H and O–H groups in total. The van der Waals surface area contributed by atoms with Crippen molar-refractivity contribution in [1.82, 2.24) is 4.90 Å². The molecule has 0 aromatic heterocycles. The maximum absolute atomic E-state index is 14.4. The molecule has 2 unspecified atom stereocenters. The fourth-order valence-corrected chi connectivity index (χ4v) is 9.62. The highest BCUT2D eigenvalue weighted by Crippen LogP contribution is 2.41. The summed E-state index contributed by atoms with van der Waals surface area (Å²) in [5.74, 6) is -6.15. The molecule has 2 saturated heterocycles. The molecule has 14 nitrogen and oxygen atoms in total. The maximum atomic E-state index is 14.4. The standard InChI is InChI=1S/C43H71NO13/c1-11-29-17-23(2)16-24(3)18-35(53-8)39-36(54-9)20-26(5)43(51,57-39)40(48)41(49)44-30(13-15-37(44)55-10)42(50)56-38(27(6)32(46)22-33(29)47)25(4)19-28-12-14-31(45)34(21-28)52-7/h17,19,24,26-32,34-40,45-46,48,51H,11-16,18,20-22H2,1-10H3/b23-17+,25-19+/t24-,26+,27+,28-,29+,30-,31+,32-,34+,35?,36-,37+,38+,39+,40?,43+/m0/s1. The van der Waals surface area contributed by atoms with Gasteiger partial charge >= 0.3 is 5.97 Å². The second-order valence-corrected chi connectivity index (χ2v) is 17.3. The Hall–Kier alpha value is -2.27. The number of esters is 1. The number of allylic oxidation sites excluding steroid dienone is 3. The lowest BCUT2D eigenvalue weighted by Gasteiger charge is -2.49. The highest BCUT2D eigenvalue weighted by Gasteiger charge is 2.57. The zero-order valence-corrected chi connectivity index (χ0v) is 35.8. The van der Waals surface area contributed by atoms with E-state index >= 15 is 0 Å². The molecule has 1 amide bonds. The van der Waals surface area contributed by atoms with Crippen LogP contribution in [0.5, 0.6) is 0 Å². The Labute approximate surface area is 339 Å². The number of ketones is 1. The number of methoxy groups -OCH3 is 4. The van der Waals surface area contributed by atoms with E-state index in [2.05, 4.69) is 6.92 Å². The summed E-state index contributed by atoms with van der Waals surface area (Å²) in [6, 6.07) is -1.20. The summed E-state index contributed by atoms with van der Waals surface area (Å²) >= 11 is 0. The van der Waals surface area contributed by atoms with Gasteiger partial charge in [0.25, 0.3) is 5.91 Å². The van der Waals surface area contributed by atoms with Gasteiger partial charge in [-0.25, -0.2) is 4.79 Å². The maximum Gasteiger partial charge on any atom is 0.329 e. The number of hydrogen-bond donors (Lipinski definition) is 4. The number of ether oxygens (including phenoxy) is 6. The van der Waals surface area contributed by atoms with E-state index in [9.17, 15) is 34.8 Å². The molecule has 4 rings (SSSR count). The van der Waals surface area contributed by atoms with Crippen LogP contribution < -0.4 is 0 Å². The molecule has 3 aliphatic heterocycles. The predicted octanol–water partition coefficient (Wildman–Crippen LogP) is 3.85. The molecule has 14 heteroatoms. The summed E-state index contributed by atoms with van der Waals surface area (Å²) < 4.78 is 35.5. The van der Waals surface area contributed by atoms with E-state index in [0.29, 0.717) is 44.1 Å². The fraction of sp³-hybridized carbons (Fsp3) is 0.837. The average Bonchev–Trinajstić information content (AvgIpc) is 3.62. The number of fused-ring (bicyclic) bond motifs is 3. The predicted molar refractivity (Wildman–Crippen MR) is 210 cm³/mol. The smallest absolute Gasteiger partial charge is 0.329 e. The van der Waals surface area contributed by atoms with Gasteiger partial charge in [0.15, 0.2) is 6.10 Å². The molecule has 1 aliphatic carbocycles. The van der Waals surface area contributed by atoms with Crippen LogP contribution in [0.3, 0.4) is 0 Å². The Morgan fingerprint density at radius 1 is 0.877 bits per heavy atom. The Bertz CT molecular complexity index is 1420. The normalized spacial score (nSPS) is 43.4. The molecular formula is C43H71NO13. The van der Waals surface area contributed by atoms with Gasteiger partial charge in [-0.3, -0.25) is 9.59 Å². The fourth-order valence-electron chi connectivity index (χ4n) is 9.62. The van der Waals surface area contributed by atoms with E-state index in [0.717, 1.165) is 10.5 Å².